The highest BCUT2D eigenvalue weighted by atomic mass is 32.2. The molecule has 6 nitrogen and oxygen atoms in total. The van der Waals surface area contributed by atoms with Gasteiger partial charge < -0.3 is 19.3 Å². The van der Waals surface area contributed by atoms with E-state index in [1.807, 2.05) is 12.1 Å². The molecule has 7 heteroatoms. The summed E-state index contributed by atoms with van der Waals surface area (Å²) in [7, 11) is 6.53. The molecule has 120 valence electrons. The van der Waals surface area contributed by atoms with Gasteiger partial charge in [-0.3, -0.25) is 9.59 Å². The van der Waals surface area contributed by atoms with E-state index < -0.39 is 0 Å². The van der Waals surface area contributed by atoms with Crippen LogP contribution in [0, 0.1) is 0 Å². The minimum Gasteiger partial charge on any atom is -0.497 e. The lowest BCUT2D eigenvalue weighted by Crippen LogP contribution is -2.38. The molecule has 2 rings (SSSR count). The number of amides is 2. The van der Waals surface area contributed by atoms with Crippen LogP contribution >= 0.6 is 11.8 Å². The first-order valence-electron chi connectivity index (χ1n) is 6.81. The molecule has 1 atom stereocenters. The zero-order chi connectivity index (χ0) is 16.3. The standard InChI is InChI=1S/C15H20N2O4S/c1-16(2)13(18)8-17-14(19)9-22-15(17)11-7-10(20-3)5-6-12(11)21-4/h5-7,15H,8-9H2,1-4H3/t15-/m0/s1. The fraction of sp³-hybridized carbons (Fsp3) is 0.467. The molecule has 0 unspecified atom stereocenters. The van der Waals surface area contributed by atoms with Crippen molar-refractivity contribution in [3.05, 3.63) is 23.8 Å². The molecule has 22 heavy (non-hydrogen) atoms. The molecular weight excluding hydrogens is 304 g/mol. The summed E-state index contributed by atoms with van der Waals surface area (Å²) in [6.45, 7) is 0.0594. The number of ether oxygens (including phenoxy) is 2. The van der Waals surface area contributed by atoms with Gasteiger partial charge in [0.15, 0.2) is 0 Å². The van der Waals surface area contributed by atoms with Crippen LogP contribution in [-0.4, -0.2) is 62.2 Å². The Morgan fingerprint density at radius 2 is 2.09 bits per heavy atom. The van der Waals surface area contributed by atoms with E-state index in [1.54, 1.807) is 39.3 Å². The Hall–Kier alpha value is -1.89. The molecule has 0 radical (unpaired) electrons. The summed E-state index contributed by atoms with van der Waals surface area (Å²) in [6.07, 6.45) is 0. The van der Waals surface area contributed by atoms with E-state index in [4.69, 9.17) is 9.47 Å². The predicted octanol–water partition coefficient (Wildman–Crippen LogP) is 1.37. The van der Waals surface area contributed by atoms with E-state index in [0.29, 0.717) is 17.3 Å². The second-order valence-electron chi connectivity index (χ2n) is 5.08. The van der Waals surface area contributed by atoms with Crippen molar-refractivity contribution in [3.8, 4) is 11.5 Å². The molecule has 1 aliphatic heterocycles. The molecule has 1 aromatic rings. The van der Waals surface area contributed by atoms with Gasteiger partial charge in [0.1, 0.15) is 23.4 Å². The smallest absolute Gasteiger partial charge is 0.241 e. The first kappa shape index (κ1) is 16.5. The van der Waals surface area contributed by atoms with Crippen molar-refractivity contribution in [3.63, 3.8) is 0 Å². The van der Waals surface area contributed by atoms with Gasteiger partial charge >= 0.3 is 0 Å². The van der Waals surface area contributed by atoms with Gasteiger partial charge in [-0.2, -0.15) is 0 Å². The van der Waals surface area contributed by atoms with E-state index in [2.05, 4.69) is 0 Å². The molecule has 2 amide bonds. The predicted molar refractivity (Wildman–Crippen MR) is 85.2 cm³/mol. The van der Waals surface area contributed by atoms with E-state index >= 15 is 0 Å². The highest BCUT2D eigenvalue weighted by Gasteiger charge is 2.36. The number of carbonyl (C=O) groups excluding carboxylic acids is 2. The highest BCUT2D eigenvalue weighted by Crippen LogP contribution is 2.43. The molecule has 0 aromatic heterocycles. The van der Waals surface area contributed by atoms with Gasteiger partial charge in [0.25, 0.3) is 0 Å². The zero-order valence-corrected chi connectivity index (χ0v) is 14.0. The number of benzene rings is 1. The molecule has 1 saturated heterocycles. The summed E-state index contributed by atoms with van der Waals surface area (Å²) in [5.41, 5.74) is 0.837. The lowest BCUT2D eigenvalue weighted by molar-refractivity contribution is -0.137. The maximum absolute atomic E-state index is 12.1. The summed E-state index contributed by atoms with van der Waals surface area (Å²) in [4.78, 5) is 27.2. The third-order valence-electron chi connectivity index (χ3n) is 3.48. The van der Waals surface area contributed by atoms with Crippen LogP contribution in [0.3, 0.4) is 0 Å². The lowest BCUT2D eigenvalue weighted by Gasteiger charge is -2.26. The summed E-state index contributed by atoms with van der Waals surface area (Å²) < 4.78 is 10.6. The summed E-state index contributed by atoms with van der Waals surface area (Å²) in [5.74, 6) is 1.56. The van der Waals surface area contributed by atoms with Crippen LogP contribution < -0.4 is 9.47 Å². The number of likely N-dealkylation sites (N-methyl/N-ethyl adjacent to an activating group) is 1. The van der Waals surface area contributed by atoms with E-state index in [1.165, 1.54) is 16.7 Å². The number of carbonyl (C=O) groups is 2. The molecule has 1 fully saturated rings. The molecule has 0 aliphatic carbocycles. The molecule has 0 spiro atoms. The second kappa shape index (κ2) is 6.91. The van der Waals surface area contributed by atoms with Crippen molar-refractivity contribution in [1.82, 2.24) is 9.80 Å². The largest absolute Gasteiger partial charge is 0.497 e. The maximum atomic E-state index is 12.1. The van der Waals surface area contributed by atoms with Crippen LogP contribution in [0.5, 0.6) is 11.5 Å². The summed E-state index contributed by atoms with van der Waals surface area (Å²) in [6, 6.07) is 5.46. The van der Waals surface area contributed by atoms with Crippen molar-refractivity contribution < 1.29 is 19.1 Å². The fourth-order valence-electron chi connectivity index (χ4n) is 2.20. The minimum atomic E-state index is -0.249. The van der Waals surface area contributed by atoms with Crippen molar-refractivity contribution in [1.29, 1.82) is 0 Å². The minimum absolute atomic E-state index is 0.0462. The van der Waals surface area contributed by atoms with Crippen molar-refractivity contribution in [2.24, 2.45) is 0 Å². The topological polar surface area (TPSA) is 59.1 Å². The van der Waals surface area contributed by atoms with Crippen LogP contribution in [0.2, 0.25) is 0 Å². The van der Waals surface area contributed by atoms with Crippen molar-refractivity contribution in [2.45, 2.75) is 5.37 Å². The third-order valence-corrected chi connectivity index (χ3v) is 4.71. The number of nitrogens with zero attached hydrogens (tertiary/aromatic N) is 2. The number of thioether (sulfide) groups is 1. The molecule has 0 saturated carbocycles. The van der Waals surface area contributed by atoms with Crippen LogP contribution in [0.15, 0.2) is 18.2 Å². The van der Waals surface area contributed by atoms with Gasteiger partial charge in [-0.05, 0) is 18.2 Å². The van der Waals surface area contributed by atoms with E-state index in [-0.39, 0.29) is 23.7 Å². The Morgan fingerprint density at radius 1 is 1.36 bits per heavy atom. The molecular formula is C15H20N2O4S. The van der Waals surface area contributed by atoms with Gasteiger partial charge in [-0.15, -0.1) is 11.8 Å². The molecule has 1 heterocycles. The van der Waals surface area contributed by atoms with Gasteiger partial charge in [0.05, 0.1) is 20.0 Å². The van der Waals surface area contributed by atoms with Crippen molar-refractivity contribution >= 4 is 23.6 Å². The van der Waals surface area contributed by atoms with E-state index in [0.717, 1.165) is 5.56 Å². The normalized spacial score (nSPS) is 17.5. The van der Waals surface area contributed by atoms with Gasteiger partial charge in [-0.25, -0.2) is 0 Å². The quantitative estimate of drug-likeness (QED) is 0.819. The molecule has 0 N–H and O–H groups in total. The molecule has 0 bridgehead atoms. The first-order chi connectivity index (χ1) is 10.5. The molecule has 1 aliphatic rings. The summed E-state index contributed by atoms with van der Waals surface area (Å²) in [5, 5.41) is -0.249. The monoisotopic (exact) mass is 324 g/mol. The lowest BCUT2D eigenvalue weighted by atomic mass is 10.1. The fourth-order valence-corrected chi connectivity index (χ4v) is 3.40. The Morgan fingerprint density at radius 3 is 2.68 bits per heavy atom. The van der Waals surface area contributed by atoms with Crippen LogP contribution in [0.1, 0.15) is 10.9 Å². The average Bonchev–Trinajstić information content (AvgIpc) is 2.87. The highest BCUT2D eigenvalue weighted by molar-refractivity contribution is 8.00. The summed E-state index contributed by atoms with van der Waals surface area (Å²) >= 11 is 1.48. The number of methoxy groups -OCH3 is 2. The van der Waals surface area contributed by atoms with Crippen LogP contribution in [0.25, 0.3) is 0 Å². The van der Waals surface area contributed by atoms with Crippen molar-refractivity contribution in [2.75, 3.05) is 40.6 Å². The second-order valence-corrected chi connectivity index (χ2v) is 6.15. The van der Waals surface area contributed by atoms with E-state index in [9.17, 15) is 9.59 Å². The first-order valence-corrected chi connectivity index (χ1v) is 7.86. The Balaban J connectivity index is 2.33. The Kier molecular flexibility index (Phi) is 5.18. The average molecular weight is 324 g/mol. The van der Waals surface area contributed by atoms with Crippen LogP contribution in [-0.2, 0) is 9.59 Å². The number of rotatable bonds is 5. The Bertz CT molecular complexity index is 577. The Labute approximate surface area is 134 Å². The van der Waals surface area contributed by atoms with Gasteiger partial charge in [-0.1, -0.05) is 0 Å². The number of hydrogen-bond acceptors (Lipinski definition) is 5. The third kappa shape index (κ3) is 3.30. The SMILES string of the molecule is COc1ccc(OC)c([C@@H]2SCC(=O)N2CC(=O)N(C)C)c1. The maximum Gasteiger partial charge on any atom is 0.241 e. The zero-order valence-electron chi connectivity index (χ0n) is 13.2. The molecule has 1 aromatic carbocycles. The van der Waals surface area contributed by atoms with Gasteiger partial charge in [0, 0.05) is 19.7 Å². The van der Waals surface area contributed by atoms with Crippen LogP contribution in [0.4, 0.5) is 0 Å². The number of hydrogen-bond donors (Lipinski definition) is 0. The van der Waals surface area contributed by atoms with Gasteiger partial charge in [0.2, 0.25) is 11.8 Å².